The van der Waals surface area contributed by atoms with Crippen LogP contribution in [0, 0.1) is 5.82 Å². The smallest absolute Gasteiger partial charge is 0.264 e. The zero-order valence-electron chi connectivity index (χ0n) is 17.2. The average molecular weight is 463 g/mol. The van der Waals surface area contributed by atoms with Crippen molar-refractivity contribution >= 4 is 38.1 Å². The number of aliphatic imine (C=N–C) groups is 1. The van der Waals surface area contributed by atoms with Gasteiger partial charge >= 0.3 is 0 Å². The number of nitrogens with zero attached hydrogens (tertiary/aromatic N) is 3. The fourth-order valence-corrected chi connectivity index (χ4v) is 5.60. The number of hydrogen-bond donors (Lipinski definition) is 1. The lowest BCUT2D eigenvalue weighted by Gasteiger charge is -2.35. The van der Waals surface area contributed by atoms with Crippen LogP contribution in [0.2, 0.25) is 5.02 Å². The standard InChI is InChI=1S/C22H24ClFN4O2S/c1-16-21(17-5-7-19(24)8-6-17)31(29,30)26-22(16)25-9-10-27-11-13-28(14-12-27)20-4-2-3-18(23)15-20/h2-8,15H,9-14H2,1H3,(H,25,26). The molecule has 4 rings (SSSR count). The highest BCUT2D eigenvalue weighted by Crippen LogP contribution is 2.29. The lowest BCUT2D eigenvalue weighted by molar-refractivity contribution is 0.265. The summed E-state index contributed by atoms with van der Waals surface area (Å²) in [5, 5.41) is 0.734. The molecule has 2 aliphatic heterocycles. The Labute approximate surface area is 187 Å². The Balaban J connectivity index is 1.37. The Morgan fingerprint density at radius 3 is 2.48 bits per heavy atom. The van der Waals surface area contributed by atoms with E-state index in [1.807, 2.05) is 18.2 Å². The molecule has 2 aliphatic rings. The molecule has 0 unspecified atom stereocenters. The average Bonchev–Trinajstić information content (AvgIpc) is 2.97. The van der Waals surface area contributed by atoms with E-state index in [2.05, 4.69) is 25.6 Å². The van der Waals surface area contributed by atoms with E-state index in [4.69, 9.17) is 11.6 Å². The van der Waals surface area contributed by atoms with E-state index >= 15 is 0 Å². The van der Waals surface area contributed by atoms with Gasteiger partial charge < -0.3 is 4.90 Å². The maximum absolute atomic E-state index is 13.2. The lowest BCUT2D eigenvalue weighted by Crippen LogP contribution is -2.47. The third-order valence-electron chi connectivity index (χ3n) is 5.53. The highest BCUT2D eigenvalue weighted by molar-refractivity contribution is 8.00. The first-order valence-corrected chi connectivity index (χ1v) is 12.0. The Kier molecular flexibility index (Phi) is 6.31. The highest BCUT2D eigenvalue weighted by atomic mass is 35.5. The molecule has 0 radical (unpaired) electrons. The Morgan fingerprint density at radius 1 is 1.10 bits per heavy atom. The van der Waals surface area contributed by atoms with Crippen molar-refractivity contribution < 1.29 is 12.8 Å². The summed E-state index contributed by atoms with van der Waals surface area (Å²) in [7, 11) is -3.70. The second kappa shape index (κ2) is 8.98. The predicted octanol–water partition coefficient (Wildman–Crippen LogP) is 3.36. The van der Waals surface area contributed by atoms with Crippen molar-refractivity contribution in [2.45, 2.75) is 6.92 Å². The summed E-state index contributed by atoms with van der Waals surface area (Å²) >= 11 is 6.09. The summed E-state index contributed by atoms with van der Waals surface area (Å²) in [4.78, 5) is 9.27. The van der Waals surface area contributed by atoms with Gasteiger partial charge in [-0.15, -0.1) is 0 Å². The van der Waals surface area contributed by atoms with Crippen LogP contribution in [0.25, 0.3) is 4.91 Å². The summed E-state index contributed by atoms with van der Waals surface area (Å²) in [5.74, 6) is -0.0494. The van der Waals surface area contributed by atoms with Crippen LogP contribution in [-0.2, 0) is 10.0 Å². The normalized spacial score (nSPS) is 20.4. The molecule has 2 aromatic rings. The number of benzene rings is 2. The number of amidine groups is 1. The molecular formula is C22H24ClFN4O2S. The van der Waals surface area contributed by atoms with Gasteiger partial charge in [0, 0.05) is 49.0 Å². The molecule has 0 bridgehead atoms. The fraction of sp³-hybridized carbons (Fsp3) is 0.318. The molecule has 1 fully saturated rings. The molecule has 0 saturated carbocycles. The molecule has 2 aromatic carbocycles. The number of halogens is 2. The molecular weight excluding hydrogens is 439 g/mol. The van der Waals surface area contributed by atoms with E-state index in [1.165, 1.54) is 24.3 Å². The van der Waals surface area contributed by atoms with Crippen LogP contribution in [0.4, 0.5) is 10.1 Å². The molecule has 0 amide bonds. The van der Waals surface area contributed by atoms with E-state index in [9.17, 15) is 12.8 Å². The number of hydrogen-bond acceptors (Lipinski definition) is 5. The quantitative estimate of drug-likeness (QED) is 0.740. The SMILES string of the molecule is CC1=C(c2ccc(F)cc2)S(=O)(=O)NC1=NCCN1CCN(c2cccc(Cl)c2)CC1. The van der Waals surface area contributed by atoms with Crippen molar-refractivity contribution in [3.8, 4) is 0 Å². The van der Waals surface area contributed by atoms with Crippen LogP contribution < -0.4 is 9.62 Å². The summed E-state index contributed by atoms with van der Waals surface area (Å²) in [6.07, 6.45) is 0. The number of sulfonamides is 1. The van der Waals surface area contributed by atoms with Crippen molar-refractivity contribution in [2.24, 2.45) is 4.99 Å². The summed E-state index contributed by atoms with van der Waals surface area (Å²) < 4.78 is 40.9. The first-order valence-electron chi connectivity index (χ1n) is 10.1. The van der Waals surface area contributed by atoms with Gasteiger partial charge in [0.1, 0.15) is 16.6 Å². The Hall–Kier alpha value is -2.42. The van der Waals surface area contributed by atoms with Gasteiger partial charge in [0.15, 0.2) is 0 Å². The maximum atomic E-state index is 13.2. The zero-order valence-corrected chi connectivity index (χ0v) is 18.8. The van der Waals surface area contributed by atoms with Gasteiger partial charge in [-0.1, -0.05) is 29.8 Å². The van der Waals surface area contributed by atoms with Crippen LogP contribution in [-0.4, -0.2) is 58.4 Å². The molecule has 31 heavy (non-hydrogen) atoms. The Bertz CT molecular complexity index is 1120. The number of rotatable bonds is 5. The molecule has 1 N–H and O–H groups in total. The van der Waals surface area contributed by atoms with Crippen molar-refractivity contribution in [1.29, 1.82) is 0 Å². The molecule has 164 valence electrons. The van der Waals surface area contributed by atoms with E-state index < -0.39 is 15.8 Å². The van der Waals surface area contributed by atoms with Crippen LogP contribution in [0.15, 0.2) is 59.1 Å². The molecule has 1 saturated heterocycles. The van der Waals surface area contributed by atoms with Gasteiger partial charge in [-0.3, -0.25) is 14.6 Å². The zero-order chi connectivity index (χ0) is 22.0. The number of piperazine rings is 1. The molecule has 6 nitrogen and oxygen atoms in total. The topological polar surface area (TPSA) is 65.0 Å². The Morgan fingerprint density at radius 2 is 1.81 bits per heavy atom. The molecule has 2 heterocycles. The first-order chi connectivity index (χ1) is 14.8. The first kappa shape index (κ1) is 21.8. The van der Waals surface area contributed by atoms with Gasteiger partial charge in [0.05, 0.1) is 6.54 Å². The molecule has 0 spiro atoms. The second-order valence-electron chi connectivity index (χ2n) is 7.61. The third-order valence-corrected chi connectivity index (χ3v) is 7.31. The fourth-order valence-electron chi connectivity index (χ4n) is 3.89. The van der Waals surface area contributed by atoms with Crippen LogP contribution in [0.5, 0.6) is 0 Å². The van der Waals surface area contributed by atoms with E-state index in [0.717, 1.165) is 43.4 Å². The molecule has 0 atom stereocenters. The number of anilines is 1. The van der Waals surface area contributed by atoms with Crippen molar-refractivity contribution in [3.05, 3.63) is 70.5 Å². The van der Waals surface area contributed by atoms with Gasteiger partial charge in [0.25, 0.3) is 10.0 Å². The van der Waals surface area contributed by atoms with Gasteiger partial charge in [-0.05, 0) is 42.8 Å². The minimum Gasteiger partial charge on any atom is -0.369 e. The van der Waals surface area contributed by atoms with Crippen molar-refractivity contribution in [3.63, 3.8) is 0 Å². The minimum atomic E-state index is -3.70. The van der Waals surface area contributed by atoms with Crippen LogP contribution in [0.3, 0.4) is 0 Å². The molecule has 0 aromatic heterocycles. The third kappa shape index (κ3) is 4.92. The molecule has 0 aliphatic carbocycles. The number of nitrogens with one attached hydrogen (secondary N) is 1. The van der Waals surface area contributed by atoms with Crippen LogP contribution >= 0.6 is 11.6 Å². The van der Waals surface area contributed by atoms with Crippen LogP contribution in [0.1, 0.15) is 12.5 Å². The van der Waals surface area contributed by atoms with E-state index in [1.54, 1.807) is 6.92 Å². The van der Waals surface area contributed by atoms with Gasteiger partial charge in [-0.2, -0.15) is 0 Å². The highest BCUT2D eigenvalue weighted by Gasteiger charge is 2.32. The van der Waals surface area contributed by atoms with Crippen molar-refractivity contribution in [1.82, 2.24) is 9.62 Å². The lowest BCUT2D eigenvalue weighted by atomic mass is 10.1. The summed E-state index contributed by atoms with van der Waals surface area (Å²) in [6.45, 7) is 6.56. The van der Waals surface area contributed by atoms with Gasteiger partial charge in [0.2, 0.25) is 0 Å². The summed E-state index contributed by atoms with van der Waals surface area (Å²) in [5.41, 5.74) is 2.13. The minimum absolute atomic E-state index is 0.154. The largest absolute Gasteiger partial charge is 0.369 e. The summed E-state index contributed by atoms with van der Waals surface area (Å²) in [6, 6.07) is 13.3. The van der Waals surface area contributed by atoms with E-state index in [0.29, 0.717) is 23.5 Å². The van der Waals surface area contributed by atoms with E-state index in [-0.39, 0.29) is 4.91 Å². The van der Waals surface area contributed by atoms with Gasteiger partial charge in [-0.25, -0.2) is 12.8 Å². The predicted molar refractivity (Wildman–Crippen MR) is 123 cm³/mol. The molecule has 9 heteroatoms. The maximum Gasteiger partial charge on any atom is 0.264 e. The van der Waals surface area contributed by atoms with Crippen molar-refractivity contribution in [2.75, 3.05) is 44.2 Å². The second-order valence-corrected chi connectivity index (χ2v) is 9.66. The monoisotopic (exact) mass is 462 g/mol.